The zero-order valence-electron chi connectivity index (χ0n) is 17.6. The molecule has 29 heavy (non-hydrogen) atoms. The third kappa shape index (κ3) is 5.37. The summed E-state index contributed by atoms with van der Waals surface area (Å²) in [4.78, 5) is 15.0. The Kier molecular flexibility index (Phi) is 7.68. The molecule has 1 amide bonds. The van der Waals surface area contributed by atoms with Gasteiger partial charge in [-0.2, -0.15) is 0 Å². The molecule has 1 aliphatic rings. The molecule has 3 rings (SSSR count). The molecule has 1 aliphatic heterocycles. The SMILES string of the molecule is CCCCCCC(CC)OC(=O)N1CCc2ccccc2C1c1ccc(F)cc1. The van der Waals surface area contributed by atoms with Crippen molar-refractivity contribution in [2.24, 2.45) is 0 Å². The number of unbranched alkanes of at least 4 members (excludes halogenated alkanes) is 3. The number of benzene rings is 2. The third-order valence-electron chi connectivity index (χ3n) is 5.81. The van der Waals surface area contributed by atoms with Gasteiger partial charge >= 0.3 is 6.09 Å². The highest BCUT2D eigenvalue weighted by Gasteiger charge is 2.33. The van der Waals surface area contributed by atoms with E-state index in [1.807, 2.05) is 17.0 Å². The van der Waals surface area contributed by atoms with E-state index in [1.165, 1.54) is 37.0 Å². The van der Waals surface area contributed by atoms with Crippen LogP contribution in [0, 0.1) is 5.82 Å². The van der Waals surface area contributed by atoms with Crippen LogP contribution in [0.2, 0.25) is 0 Å². The zero-order chi connectivity index (χ0) is 20.6. The summed E-state index contributed by atoms with van der Waals surface area (Å²) in [5.41, 5.74) is 3.24. The van der Waals surface area contributed by atoms with Crippen molar-refractivity contribution >= 4 is 6.09 Å². The smallest absolute Gasteiger partial charge is 0.410 e. The van der Waals surface area contributed by atoms with Crippen LogP contribution in [0.25, 0.3) is 0 Å². The molecule has 0 spiro atoms. The van der Waals surface area contributed by atoms with Crippen LogP contribution >= 0.6 is 0 Å². The van der Waals surface area contributed by atoms with Gasteiger partial charge in [0.15, 0.2) is 0 Å². The van der Waals surface area contributed by atoms with E-state index in [9.17, 15) is 9.18 Å². The van der Waals surface area contributed by atoms with Crippen LogP contribution in [-0.4, -0.2) is 23.6 Å². The van der Waals surface area contributed by atoms with Crippen molar-refractivity contribution in [1.29, 1.82) is 0 Å². The second kappa shape index (κ2) is 10.4. The predicted molar refractivity (Wildman–Crippen MR) is 114 cm³/mol. The van der Waals surface area contributed by atoms with Crippen LogP contribution in [0.3, 0.4) is 0 Å². The van der Waals surface area contributed by atoms with Crippen LogP contribution in [-0.2, 0) is 11.2 Å². The van der Waals surface area contributed by atoms with Crippen LogP contribution < -0.4 is 0 Å². The quantitative estimate of drug-likeness (QED) is 0.466. The van der Waals surface area contributed by atoms with Gasteiger partial charge in [0, 0.05) is 6.54 Å². The van der Waals surface area contributed by atoms with E-state index in [0.29, 0.717) is 6.54 Å². The first-order valence-electron chi connectivity index (χ1n) is 10.9. The van der Waals surface area contributed by atoms with E-state index in [4.69, 9.17) is 4.74 Å². The van der Waals surface area contributed by atoms with Gasteiger partial charge in [0.1, 0.15) is 11.9 Å². The van der Waals surface area contributed by atoms with Crippen LogP contribution in [0.1, 0.15) is 75.1 Å². The minimum Gasteiger partial charge on any atom is -0.446 e. The lowest BCUT2D eigenvalue weighted by Crippen LogP contribution is -2.42. The number of ether oxygens (including phenoxy) is 1. The van der Waals surface area contributed by atoms with Gasteiger partial charge in [0.05, 0.1) is 6.04 Å². The van der Waals surface area contributed by atoms with E-state index in [2.05, 4.69) is 26.0 Å². The molecule has 0 saturated heterocycles. The van der Waals surface area contributed by atoms with E-state index in [-0.39, 0.29) is 24.1 Å². The highest BCUT2D eigenvalue weighted by atomic mass is 19.1. The Labute approximate surface area is 173 Å². The largest absolute Gasteiger partial charge is 0.446 e. The molecule has 0 fully saturated rings. The van der Waals surface area contributed by atoms with Crippen LogP contribution in [0.5, 0.6) is 0 Å². The van der Waals surface area contributed by atoms with Crippen LogP contribution in [0.15, 0.2) is 48.5 Å². The Morgan fingerprint density at radius 2 is 1.86 bits per heavy atom. The second-order valence-corrected chi connectivity index (χ2v) is 7.86. The fraction of sp³-hybridized carbons (Fsp3) is 0.480. The molecular weight excluding hydrogens is 365 g/mol. The predicted octanol–water partition coefficient (Wildman–Crippen LogP) is 6.66. The zero-order valence-corrected chi connectivity index (χ0v) is 17.6. The average Bonchev–Trinajstić information content (AvgIpc) is 2.75. The van der Waals surface area contributed by atoms with Crippen molar-refractivity contribution in [3.63, 3.8) is 0 Å². The lowest BCUT2D eigenvalue weighted by molar-refractivity contribution is 0.0468. The maximum absolute atomic E-state index is 13.5. The molecule has 3 nitrogen and oxygen atoms in total. The topological polar surface area (TPSA) is 29.5 Å². The highest BCUT2D eigenvalue weighted by Crippen LogP contribution is 2.36. The number of hydrogen-bond donors (Lipinski definition) is 0. The summed E-state index contributed by atoms with van der Waals surface area (Å²) < 4.78 is 19.4. The average molecular weight is 398 g/mol. The molecule has 2 aromatic rings. The Balaban J connectivity index is 1.79. The molecule has 0 bridgehead atoms. The van der Waals surface area contributed by atoms with Crippen molar-refractivity contribution in [3.05, 3.63) is 71.0 Å². The first kappa shape index (κ1) is 21.4. The molecule has 0 radical (unpaired) electrons. The van der Waals surface area contributed by atoms with Gasteiger partial charge in [0.2, 0.25) is 0 Å². The van der Waals surface area contributed by atoms with E-state index in [0.717, 1.165) is 36.8 Å². The van der Waals surface area contributed by atoms with E-state index < -0.39 is 0 Å². The van der Waals surface area contributed by atoms with Gasteiger partial charge in [-0.25, -0.2) is 9.18 Å². The molecule has 2 unspecified atom stereocenters. The Morgan fingerprint density at radius 1 is 1.10 bits per heavy atom. The molecule has 1 heterocycles. The Hall–Kier alpha value is -2.36. The standard InChI is InChI=1S/C25H32FNO2/c1-3-5-6-7-11-22(4-2)29-25(28)27-18-17-19-10-8-9-12-23(19)24(27)20-13-15-21(26)16-14-20/h8-10,12-16,22,24H,3-7,11,17-18H2,1-2H3. The highest BCUT2D eigenvalue weighted by molar-refractivity contribution is 5.70. The minimum atomic E-state index is -0.273. The number of rotatable bonds is 8. The van der Waals surface area contributed by atoms with Crippen molar-refractivity contribution in [2.75, 3.05) is 6.54 Å². The van der Waals surface area contributed by atoms with Crippen molar-refractivity contribution in [3.8, 4) is 0 Å². The monoisotopic (exact) mass is 397 g/mol. The Bertz CT molecular complexity index is 790. The summed E-state index contributed by atoms with van der Waals surface area (Å²) in [6.45, 7) is 4.87. The summed E-state index contributed by atoms with van der Waals surface area (Å²) in [5.74, 6) is -0.273. The number of nitrogens with zero attached hydrogens (tertiary/aromatic N) is 1. The fourth-order valence-corrected chi connectivity index (χ4v) is 4.12. The van der Waals surface area contributed by atoms with E-state index >= 15 is 0 Å². The number of carbonyl (C=O) groups is 1. The normalized spacial score (nSPS) is 16.9. The van der Waals surface area contributed by atoms with Crippen molar-refractivity contribution in [1.82, 2.24) is 4.90 Å². The third-order valence-corrected chi connectivity index (χ3v) is 5.81. The summed E-state index contributed by atoms with van der Waals surface area (Å²) in [6, 6.07) is 14.4. The van der Waals surface area contributed by atoms with Gasteiger partial charge in [-0.15, -0.1) is 0 Å². The molecule has 156 valence electrons. The summed E-state index contributed by atoms with van der Waals surface area (Å²) in [5, 5.41) is 0. The molecule has 2 atom stereocenters. The summed E-state index contributed by atoms with van der Waals surface area (Å²) >= 11 is 0. The van der Waals surface area contributed by atoms with E-state index in [1.54, 1.807) is 12.1 Å². The second-order valence-electron chi connectivity index (χ2n) is 7.86. The molecule has 0 aromatic heterocycles. The van der Waals surface area contributed by atoms with Gasteiger partial charge in [-0.1, -0.05) is 69.5 Å². The number of halogens is 1. The fourth-order valence-electron chi connectivity index (χ4n) is 4.12. The molecule has 0 saturated carbocycles. The molecule has 2 aromatic carbocycles. The van der Waals surface area contributed by atoms with Crippen molar-refractivity contribution < 1.29 is 13.9 Å². The molecule has 0 N–H and O–H groups in total. The van der Waals surface area contributed by atoms with Gasteiger partial charge in [-0.05, 0) is 54.5 Å². The minimum absolute atomic E-state index is 0.0506. The molecular formula is C25H32FNO2. The number of fused-ring (bicyclic) bond motifs is 1. The number of carbonyl (C=O) groups excluding carboxylic acids is 1. The maximum Gasteiger partial charge on any atom is 0.410 e. The first-order chi connectivity index (χ1) is 14.1. The Morgan fingerprint density at radius 3 is 2.59 bits per heavy atom. The van der Waals surface area contributed by atoms with Gasteiger partial charge in [0.25, 0.3) is 0 Å². The number of hydrogen-bond acceptors (Lipinski definition) is 2. The van der Waals surface area contributed by atoms with Crippen molar-refractivity contribution in [2.45, 2.75) is 70.9 Å². The van der Waals surface area contributed by atoms with Gasteiger partial charge in [-0.3, -0.25) is 4.90 Å². The lowest BCUT2D eigenvalue weighted by atomic mass is 9.88. The number of amides is 1. The lowest BCUT2D eigenvalue weighted by Gasteiger charge is -2.37. The first-order valence-corrected chi connectivity index (χ1v) is 10.9. The summed E-state index contributed by atoms with van der Waals surface area (Å²) in [6.07, 6.45) is 6.90. The van der Waals surface area contributed by atoms with Crippen LogP contribution in [0.4, 0.5) is 9.18 Å². The maximum atomic E-state index is 13.5. The van der Waals surface area contributed by atoms with Gasteiger partial charge < -0.3 is 4.74 Å². The summed E-state index contributed by atoms with van der Waals surface area (Å²) in [7, 11) is 0. The molecule has 4 heteroatoms. The molecule has 0 aliphatic carbocycles.